The molecule has 1 aromatic carbocycles. The summed E-state index contributed by atoms with van der Waals surface area (Å²) in [7, 11) is 0. The standard InChI is InChI=1S/C14H18ClFO/c1-14(6-2-3-7-14)13(17)9-10-4-5-12(16)11(15)8-10/h4-5,8,13,17H,2-3,6-7,9H2,1H3. The quantitative estimate of drug-likeness (QED) is 0.868. The highest BCUT2D eigenvalue weighted by molar-refractivity contribution is 6.30. The fourth-order valence-electron chi connectivity index (χ4n) is 2.65. The summed E-state index contributed by atoms with van der Waals surface area (Å²) in [5, 5.41) is 10.4. The number of aliphatic hydroxyl groups is 1. The Bertz CT molecular complexity index is 399. The van der Waals surface area contributed by atoms with Gasteiger partial charge in [0, 0.05) is 0 Å². The van der Waals surface area contributed by atoms with Crippen molar-refractivity contribution in [3.05, 3.63) is 34.6 Å². The number of aliphatic hydroxyl groups excluding tert-OH is 1. The van der Waals surface area contributed by atoms with E-state index in [1.807, 2.05) is 0 Å². The smallest absolute Gasteiger partial charge is 0.141 e. The van der Waals surface area contributed by atoms with E-state index < -0.39 is 5.82 Å². The Balaban J connectivity index is 2.07. The summed E-state index contributed by atoms with van der Waals surface area (Å²) in [4.78, 5) is 0. The minimum absolute atomic E-state index is 0.0147. The van der Waals surface area contributed by atoms with E-state index in [-0.39, 0.29) is 16.5 Å². The highest BCUT2D eigenvalue weighted by Gasteiger charge is 2.35. The van der Waals surface area contributed by atoms with E-state index in [4.69, 9.17) is 11.6 Å². The zero-order chi connectivity index (χ0) is 12.5. The molecular formula is C14H18ClFO. The first kappa shape index (κ1) is 12.8. The summed E-state index contributed by atoms with van der Waals surface area (Å²) in [6.45, 7) is 2.13. The number of benzene rings is 1. The molecule has 94 valence electrons. The molecule has 0 heterocycles. The molecular weight excluding hydrogens is 239 g/mol. The Hall–Kier alpha value is -0.600. The number of rotatable bonds is 3. The molecule has 2 rings (SSSR count). The first-order chi connectivity index (χ1) is 8.01. The van der Waals surface area contributed by atoms with Crippen LogP contribution in [0, 0.1) is 11.2 Å². The van der Waals surface area contributed by atoms with Crippen LogP contribution in [0.4, 0.5) is 4.39 Å². The zero-order valence-corrected chi connectivity index (χ0v) is 10.8. The SMILES string of the molecule is CC1(C(O)Cc2ccc(F)c(Cl)c2)CCCC1. The van der Waals surface area contributed by atoms with Crippen LogP contribution < -0.4 is 0 Å². The van der Waals surface area contributed by atoms with Gasteiger partial charge in [-0.25, -0.2) is 4.39 Å². The maximum absolute atomic E-state index is 13.0. The van der Waals surface area contributed by atoms with Crippen molar-refractivity contribution >= 4 is 11.6 Å². The molecule has 0 spiro atoms. The second kappa shape index (κ2) is 4.95. The number of hydrogen-bond donors (Lipinski definition) is 1. The van der Waals surface area contributed by atoms with Gasteiger partial charge in [-0.2, -0.15) is 0 Å². The normalized spacial score (nSPS) is 20.5. The van der Waals surface area contributed by atoms with E-state index in [9.17, 15) is 9.50 Å². The molecule has 17 heavy (non-hydrogen) atoms. The van der Waals surface area contributed by atoms with Gasteiger partial charge in [0.1, 0.15) is 5.82 Å². The lowest BCUT2D eigenvalue weighted by Gasteiger charge is -2.30. The van der Waals surface area contributed by atoms with Gasteiger partial charge in [-0.3, -0.25) is 0 Å². The van der Waals surface area contributed by atoms with Gasteiger partial charge in [-0.1, -0.05) is 37.4 Å². The van der Waals surface area contributed by atoms with Gasteiger partial charge < -0.3 is 5.11 Å². The summed E-state index contributed by atoms with van der Waals surface area (Å²) in [5.41, 5.74) is 0.915. The Labute approximate surface area is 107 Å². The summed E-state index contributed by atoms with van der Waals surface area (Å²) in [6, 6.07) is 4.67. The topological polar surface area (TPSA) is 20.2 Å². The summed E-state index contributed by atoms with van der Waals surface area (Å²) >= 11 is 5.74. The van der Waals surface area contributed by atoms with E-state index in [1.54, 1.807) is 12.1 Å². The Morgan fingerprint density at radius 2 is 2.06 bits per heavy atom. The molecule has 1 aromatic rings. The van der Waals surface area contributed by atoms with Crippen LogP contribution in [0.15, 0.2) is 18.2 Å². The van der Waals surface area contributed by atoms with Crippen LogP contribution in [-0.2, 0) is 6.42 Å². The molecule has 0 aliphatic heterocycles. The summed E-state index contributed by atoms with van der Waals surface area (Å²) < 4.78 is 13.0. The molecule has 1 saturated carbocycles. The molecule has 0 bridgehead atoms. The van der Waals surface area contributed by atoms with Crippen LogP contribution in [0.25, 0.3) is 0 Å². The van der Waals surface area contributed by atoms with Crippen molar-refractivity contribution in [2.75, 3.05) is 0 Å². The summed E-state index contributed by atoms with van der Waals surface area (Å²) in [6.07, 6.45) is 4.71. The average Bonchev–Trinajstić information content (AvgIpc) is 2.72. The van der Waals surface area contributed by atoms with E-state index in [1.165, 1.54) is 18.9 Å². The lowest BCUT2D eigenvalue weighted by molar-refractivity contribution is 0.0424. The lowest BCUT2D eigenvalue weighted by Crippen LogP contribution is -2.31. The van der Waals surface area contributed by atoms with Crippen molar-refractivity contribution < 1.29 is 9.50 Å². The molecule has 0 saturated heterocycles. The van der Waals surface area contributed by atoms with Crippen LogP contribution >= 0.6 is 11.6 Å². The second-order valence-corrected chi connectivity index (χ2v) is 5.74. The molecule has 1 aliphatic carbocycles. The van der Waals surface area contributed by atoms with Crippen molar-refractivity contribution in [2.45, 2.75) is 45.1 Å². The van der Waals surface area contributed by atoms with Crippen LogP contribution in [-0.4, -0.2) is 11.2 Å². The lowest BCUT2D eigenvalue weighted by atomic mass is 9.80. The maximum atomic E-state index is 13.0. The molecule has 1 atom stereocenters. The van der Waals surface area contributed by atoms with Crippen molar-refractivity contribution in [2.24, 2.45) is 5.41 Å². The van der Waals surface area contributed by atoms with Crippen LogP contribution in [0.1, 0.15) is 38.2 Å². The van der Waals surface area contributed by atoms with Crippen molar-refractivity contribution in [3.8, 4) is 0 Å². The second-order valence-electron chi connectivity index (χ2n) is 5.33. The summed E-state index contributed by atoms with van der Waals surface area (Å²) in [5.74, 6) is -0.406. The third-order valence-corrected chi connectivity index (χ3v) is 4.25. The fourth-order valence-corrected chi connectivity index (χ4v) is 2.86. The molecule has 1 unspecified atom stereocenters. The van der Waals surface area contributed by atoms with Crippen molar-refractivity contribution in [1.82, 2.24) is 0 Å². The van der Waals surface area contributed by atoms with Crippen LogP contribution in [0.3, 0.4) is 0 Å². The van der Waals surface area contributed by atoms with Crippen LogP contribution in [0.5, 0.6) is 0 Å². The highest BCUT2D eigenvalue weighted by atomic mass is 35.5. The molecule has 1 aliphatic rings. The minimum Gasteiger partial charge on any atom is -0.392 e. The fraction of sp³-hybridized carbons (Fsp3) is 0.571. The Morgan fingerprint density at radius 3 is 2.65 bits per heavy atom. The predicted molar refractivity (Wildman–Crippen MR) is 67.7 cm³/mol. The first-order valence-electron chi connectivity index (χ1n) is 6.13. The molecule has 0 radical (unpaired) electrons. The van der Waals surface area contributed by atoms with Crippen molar-refractivity contribution in [1.29, 1.82) is 0 Å². The zero-order valence-electron chi connectivity index (χ0n) is 10.0. The molecule has 0 aromatic heterocycles. The van der Waals surface area contributed by atoms with Crippen LogP contribution in [0.2, 0.25) is 5.02 Å². The van der Waals surface area contributed by atoms with Crippen molar-refractivity contribution in [3.63, 3.8) is 0 Å². The first-order valence-corrected chi connectivity index (χ1v) is 6.51. The molecule has 1 N–H and O–H groups in total. The number of hydrogen-bond acceptors (Lipinski definition) is 1. The molecule has 1 nitrogen and oxygen atoms in total. The van der Waals surface area contributed by atoms with Gasteiger partial charge in [-0.05, 0) is 42.4 Å². The van der Waals surface area contributed by atoms with Gasteiger partial charge >= 0.3 is 0 Å². The maximum Gasteiger partial charge on any atom is 0.141 e. The van der Waals surface area contributed by atoms with E-state index in [2.05, 4.69) is 6.92 Å². The molecule has 3 heteroatoms. The van der Waals surface area contributed by atoms with Gasteiger partial charge in [0.05, 0.1) is 11.1 Å². The molecule has 0 amide bonds. The minimum atomic E-state index is -0.406. The van der Waals surface area contributed by atoms with Gasteiger partial charge in [0.25, 0.3) is 0 Å². The molecule has 1 fully saturated rings. The third kappa shape index (κ3) is 2.80. The Morgan fingerprint density at radius 1 is 1.41 bits per heavy atom. The highest BCUT2D eigenvalue weighted by Crippen LogP contribution is 2.41. The van der Waals surface area contributed by atoms with Gasteiger partial charge in [0.15, 0.2) is 0 Å². The van der Waals surface area contributed by atoms with E-state index >= 15 is 0 Å². The monoisotopic (exact) mass is 256 g/mol. The third-order valence-electron chi connectivity index (χ3n) is 3.96. The average molecular weight is 257 g/mol. The Kier molecular flexibility index (Phi) is 3.74. The predicted octanol–water partition coefficient (Wildman–Crippen LogP) is 3.96. The number of halogens is 2. The van der Waals surface area contributed by atoms with E-state index in [0.717, 1.165) is 18.4 Å². The van der Waals surface area contributed by atoms with Gasteiger partial charge in [0.2, 0.25) is 0 Å². The largest absolute Gasteiger partial charge is 0.392 e. The van der Waals surface area contributed by atoms with Gasteiger partial charge in [-0.15, -0.1) is 0 Å². The van der Waals surface area contributed by atoms with E-state index in [0.29, 0.717) is 6.42 Å².